The topological polar surface area (TPSA) is 43.4 Å². The third-order valence-corrected chi connectivity index (χ3v) is 2.97. The highest BCUT2D eigenvalue weighted by atomic mass is 35.5. The maximum absolute atomic E-state index is 6.03. The average molecular weight is 279 g/mol. The molecule has 0 amide bonds. The number of nitrogens with zero attached hydrogens (tertiary/aromatic N) is 1. The van der Waals surface area contributed by atoms with Gasteiger partial charge in [-0.15, -0.1) is 0 Å². The van der Waals surface area contributed by atoms with Gasteiger partial charge in [0.05, 0.1) is 19.2 Å². The molecule has 0 aliphatic heterocycles. The standard InChI is InChI=1S/C14H15ClN2O2/c1-18-12-6-5-10(8-13(12)19-2)9-17-14-11(15)4-3-7-16-14/h3-8H,9H2,1-2H3,(H,16,17). The Morgan fingerprint density at radius 1 is 1.16 bits per heavy atom. The van der Waals surface area contributed by atoms with Crippen LogP contribution in [-0.4, -0.2) is 19.2 Å². The third-order valence-electron chi connectivity index (χ3n) is 2.67. The molecule has 0 aliphatic carbocycles. The normalized spacial score (nSPS) is 10.1. The van der Waals surface area contributed by atoms with Gasteiger partial charge in [-0.1, -0.05) is 17.7 Å². The number of benzene rings is 1. The first-order valence-electron chi connectivity index (χ1n) is 5.80. The maximum Gasteiger partial charge on any atom is 0.161 e. The minimum atomic E-state index is 0.600. The Hall–Kier alpha value is -1.94. The Bertz CT molecular complexity index is 561. The summed E-state index contributed by atoms with van der Waals surface area (Å²) in [5.41, 5.74) is 1.05. The number of hydrogen-bond acceptors (Lipinski definition) is 4. The Morgan fingerprint density at radius 2 is 1.95 bits per heavy atom. The first-order valence-corrected chi connectivity index (χ1v) is 6.17. The molecule has 2 rings (SSSR count). The van der Waals surface area contributed by atoms with Gasteiger partial charge in [-0.2, -0.15) is 0 Å². The fraction of sp³-hybridized carbons (Fsp3) is 0.214. The summed E-state index contributed by atoms with van der Waals surface area (Å²) < 4.78 is 10.5. The van der Waals surface area contributed by atoms with Crippen molar-refractivity contribution >= 4 is 17.4 Å². The van der Waals surface area contributed by atoms with Crippen LogP contribution in [-0.2, 0) is 6.54 Å². The first-order chi connectivity index (χ1) is 9.24. The number of pyridine rings is 1. The van der Waals surface area contributed by atoms with Gasteiger partial charge in [0.1, 0.15) is 5.82 Å². The largest absolute Gasteiger partial charge is 0.493 e. The molecule has 0 unspecified atom stereocenters. The van der Waals surface area contributed by atoms with Crippen LogP contribution >= 0.6 is 11.6 Å². The predicted octanol–water partition coefficient (Wildman–Crippen LogP) is 3.36. The summed E-state index contributed by atoms with van der Waals surface area (Å²) in [7, 11) is 3.23. The molecule has 4 nitrogen and oxygen atoms in total. The fourth-order valence-electron chi connectivity index (χ4n) is 1.69. The zero-order chi connectivity index (χ0) is 13.7. The average Bonchev–Trinajstić information content (AvgIpc) is 2.46. The molecule has 1 aromatic heterocycles. The lowest BCUT2D eigenvalue weighted by Crippen LogP contribution is -2.02. The van der Waals surface area contributed by atoms with Crippen molar-refractivity contribution < 1.29 is 9.47 Å². The number of methoxy groups -OCH3 is 2. The lowest BCUT2D eigenvalue weighted by Gasteiger charge is -2.11. The molecular weight excluding hydrogens is 264 g/mol. The summed E-state index contributed by atoms with van der Waals surface area (Å²) in [6, 6.07) is 9.35. The predicted molar refractivity (Wildman–Crippen MR) is 76.1 cm³/mol. The summed E-state index contributed by atoms with van der Waals surface area (Å²) in [6.45, 7) is 0.608. The number of hydrogen-bond donors (Lipinski definition) is 1. The molecule has 1 aromatic carbocycles. The van der Waals surface area contributed by atoms with E-state index in [1.54, 1.807) is 32.5 Å². The van der Waals surface area contributed by atoms with Crippen LogP contribution in [0.5, 0.6) is 11.5 Å². The summed E-state index contributed by atoms with van der Waals surface area (Å²) >= 11 is 6.03. The van der Waals surface area contributed by atoms with Gasteiger partial charge in [0.15, 0.2) is 11.5 Å². The van der Waals surface area contributed by atoms with Crippen LogP contribution in [0.1, 0.15) is 5.56 Å². The van der Waals surface area contributed by atoms with Crippen molar-refractivity contribution in [2.45, 2.75) is 6.54 Å². The Morgan fingerprint density at radius 3 is 2.63 bits per heavy atom. The van der Waals surface area contributed by atoms with Gasteiger partial charge in [0, 0.05) is 12.7 Å². The Kier molecular flexibility index (Phi) is 4.47. The second kappa shape index (κ2) is 6.29. The monoisotopic (exact) mass is 278 g/mol. The van der Waals surface area contributed by atoms with E-state index in [4.69, 9.17) is 21.1 Å². The number of ether oxygens (including phenoxy) is 2. The smallest absolute Gasteiger partial charge is 0.161 e. The molecule has 100 valence electrons. The van der Waals surface area contributed by atoms with E-state index in [9.17, 15) is 0 Å². The van der Waals surface area contributed by atoms with Crippen molar-refractivity contribution in [3.05, 3.63) is 47.1 Å². The molecule has 19 heavy (non-hydrogen) atoms. The highest BCUT2D eigenvalue weighted by molar-refractivity contribution is 6.32. The van der Waals surface area contributed by atoms with Crippen molar-refractivity contribution in [3.8, 4) is 11.5 Å². The molecule has 0 aliphatic rings. The van der Waals surface area contributed by atoms with Crippen LogP contribution in [0.15, 0.2) is 36.5 Å². The van der Waals surface area contributed by atoms with Crippen molar-refractivity contribution in [2.75, 3.05) is 19.5 Å². The van der Waals surface area contributed by atoms with E-state index in [1.807, 2.05) is 18.2 Å². The second-order valence-electron chi connectivity index (χ2n) is 3.88. The zero-order valence-corrected chi connectivity index (χ0v) is 11.6. The number of halogens is 1. The lowest BCUT2D eigenvalue weighted by atomic mass is 10.2. The molecule has 0 spiro atoms. The number of rotatable bonds is 5. The van der Waals surface area contributed by atoms with Gasteiger partial charge < -0.3 is 14.8 Å². The van der Waals surface area contributed by atoms with E-state index in [0.717, 1.165) is 5.56 Å². The lowest BCUT2D eigenvalue weighted by molar-refractivity contribution is 0.354. The number of aromatic nitrogens is 1. The fourth-order valence-corrected chi connectivity index (χ4v) is 1.88. The molecular formula is C14H15ClN2O2. The Balaban J connectivity index is 2.10. The molecule has 2 aromatic rings. The molecule has 5 heteroatoms. The van der Waals surface area contributed by atoms with Crippen molar-refractivity contribution in [1.29, 1.82) is 0 Å². The summed E-state index contributed by atoms with van der Waals surface area (Å²) in [4.78, 5) is 4.17. The highest BCUT2D eigenvalue weighted by Crippen LogP contribution is 2.28. The van der Waals surface area contributed by atoms with E-state index in [0.29, 0.717) is 28.9 Å². The zero-order valence-electron chi connectivity index (χ0n) is 10.8. The van der Waals surface area contributed by atoms with E-state index in [-0.39, 0.29) is 0 Å². The van der Waals surface area contributed by atoms with Crippen LogP contribution in [0.3, 0.4) is 0 Å². The Labute approximate surface area is 117 Å². The molecule has 0 saturated heterocycles. The minimum absolute atomic E-state index is 0.600. The van der Waals surface area contributed by atoms with Gasteiger partial charge in [-0.05, 0) is 29.8 Å². The van der Waals surface area contributed by atoms with Crippen molar-refractivity contribution in [2.24, 2.45) is 0 Å². The summed E-state index contributed by atoms with van der Waals surface area (Å²) in [5.74, 6) is 2.08. The van der Waals surface area contributed by atoms with E-state index < -0.39 is 0 Å². The van der Waals surface area contributed by atoms with Crippen LogP contribution < -0.4 is 14.8 Å². The van der Waals surface area contributed by atoms with Gasteiger partial charge in [-0.25, -0.2) is 4.98 Å². The van der Waals surface area contributed by atoms with E-state index in [1.165, 1.54) is 0 Å². The SMILES string of the molecule is COc1ccc(CNc2ncccc2Cl)cc1OC. The molecule has 0 radical (unpaired) electrons. The summed E-state index contributed by atoms with van der Waals surface area (Å²) in [5, 5.41) is 3.78. The quantitative estimate of drug-likeness (QED) is 0.911. The molecule has 0 bridgehead atoms. The van der Waals surface area contributed by atoms with Crippen LogP contribution in [0, 0.1) is 0 Å². The highest BCUT2D eigenvalue weighted by Gasteiger charge is 2.05. The first kappa shape index (κ1) is 13.5. The molecule has 1 heterocycles. The maximum atomic E-state index is 6.03. The minimum Gasteiger partial charge on any atom is -0.493 e. The summed E-state index contributed by atoms with van der Waals surface area (Å²) in [6.07, 6.45) is 1.70. The van der Waals surface area contributed by atoms with Crippen LogP contribution in [0.2, 0.25) is 5.02 Å². The van der Waals surface area contributed by atoms with Gasteiger partial charge in [0.2, 0.25) is 0 Å². The van der Waals surface area contributed by atoms with Gasteiger partial charge in [0.25, 0.3) is 0 Å². The van der Waals surface area contributed by atoms with Crippen molar-refractivity contribution in [1.82, 2.24) is 4.98 Å². The number of anilines is 1. The van der Waals surface area contributed by atoms with Crippen molar-refractivity contribution in [3.63, 3.8) is 0 Å². The van der Waals surface area contributed by atoms with Crippen LogP contribution in [0.25, 0.3) is 0 Å². The molecule has 0 fully saturated rings. The molecule has 1 N–H and O–H groups in total. The van der Waals surface area contributed by atoms with E-state index >= 15 is 0 Å². The number of nitrogens with one attached hydrogen (secondary N) is 1. The van der Waals surface area contributed by atoms with Gasteiger partial charge in [-0.3, -0.25) is 0 Å². The molecule has 0 atom stereocenters. The van der Waals surface area contributed by atoms with Crippen LogP contribution in [0.4, 0.5) is 5.82 Å². The second-order valence-corrected chi connectivity index (χ2v) is 4.28. The van der Waals surface area contributed by atoms with Gasteiger partial charge >= 0.3 is 0 Å². The van der Waals surface area contributed by atoms with E-state index in [2.05, 4.69) is 10.3 Å². The molecule has 0 saturated carbocycles. The third kappa shape index (κ3) is 3.29.